The Labute approximate surface area is 347 Å². The lowest BCUT2D eigenvalue weighted by Crippen LogP contribution is -2.29. The lowest BCUT2D eigenvalue weighted by atomic mass is 10.0. The first kappa shape index (κ1) is 54.9. The van der Waals surface area contributed by atoms with Crippen molar-refractivity contribution in [1.82, 2.24) is 0 Å². The maximum Gasteiger partial charge on any atom is 0.472 e. The normalized spacial score (nSPS) is 14.3. The average molecular weight is 827 g/mol. The second kappa shape index (κ2) is 42.1. The Bertz CT molecular complexity index is 1090. The summed E-state index contributed by atoms with van der Waals surface area (Å²) < 4.78 is 32.7. The van der Waals surface area contributed by atoms with Crippen molar-refractivity contribution in [2.24, 2.45) is 0 Å². The molecule has 0 aromatic rings. The van der Waals surface area contributed by atoms with E-state index in [-0.39, 0.29) is 19.4 Å². The molecule has 10 nitrogen and oxygen atoms in total. The van der Waals surface area contributed by atoms with Crippen LogP contribution < -0.4 is 0 Å². The highest BCUT2D eigenvalue weighted by Crippen LogP contribution is 2.43. The predicted octanol–water partition coefficient (Wildman–Crippen LogP) is 12.1. The van der Waals surface area contributed by atoms with Crippen LogP contribution in [0.2, 0.25) is 0 Å². The van der Waals surface area contributed by atoms with Crippen LogP contribution in [0.1, 0.15) is 194 Å². The van der Waals surface area contributed by atoms with Crippen molar-refractivity contribution in [1.29, 1.82) is 0 Å². The fourth-order valence-electron chi connectivity index (χ4n) is 5.99. The highest BCUT2D eigenvalue weighted by Gasteiger charge is 2.27. The van der Waals surface area contributed by atoms with Crippen LogP contribution in [0.3, 0.4) is 0 Å². The van der Waals surface area contributed by atoms with Gasteiger partial charge in [-0.15, -0.1) is 0 Å². The first-order valence-corrected chi connectivity index (χ1v) is 24.1. The maximum atomic E-state index is 12.6. The van der Waals surface area contributed by atoms with E-state index in [2.05, 4.69) is 54.8 Å². The van der Waals surface area contributed by atoms with Gasteiger partial charge in [-0.2, -0.15) is 0 Å². The lowest BCUT2D eigenvalue weighted by molar-refractivity contribution is -0.161. The largest absolute Gasteiger partial charge is 0.472 e. The van der Waals surface area contributed by atoms with Crippen molar-refractivity contribution in [3.63, 3.8) is 0 Å². The molecule has 332 valence electrons. The van der Waals surface area contributed by atoms with Crippen molar-refractivity contribution < 1.29 is 47.8 Å². The number of unbranched alkanes of at least 4 members (excludes halogenated alkanes) is 20. The molecule has 0 aromatic carbocycles. The minimum Gasteiger partial charge on any atom is -0.462 e. The van der Waals surface area contributed by atoms with Crippen LogP contribution in [0.15, 0.2) is 48.6 Å². The number of carbonyl (C=O) groups is 2. The van der Waals surface area contributed by atoms with Gasteiger partial charge in [0.05, 0.1) is 19.8 Å². The SMILES string of the molecule is CCCCC/C=C/C/C=C/C/C=C/C/C=C/CCCC(=O)O[C@H](COC(=O)CCCCCCCCCCCCCCCCCCC)COP(=O)(O)OC[C@@H](O)CO. The van der Waals surface area contributed by atoms with Crippen LogP contribution in [0, 0.1) is 0 Å². The van der Waals surface area contributed by atoms with Gasteiger partial charge in [0.15, 0.2) is 6.10 Å². The molecule has 0 rings (SSSR count). The summed E-state index contributed by atoms with van der Waals surface area (Å²) in [5, 5.41) is 18.3. The standard InChI is InChI=1S/C46H83O10P/c1-3-5-7-9-11-13-15-17-19-21-23-25-27-29-31-33-35-37-45(49)53-41-44(42-55-57(51,52)54-40-43(48)39-47)56-46(50)38-36-34-32-30-28-26-24-22-20-18-16-14-12-10-8-6-4-2/h12,14,18,20,24,26,30,32,43-44,47-48H,3-11,13,15-17,19,21-23,25,27-29,31,33-42H2,1-2H3,(H,51,52)/b14-12+,20-18+,26-24+,32-30+/t43-,44+/m0/s1. The Kier molecular flexibility index (Phi) is 40.5. The molecule has 0 aliphatic rings. The topological polar surface area (TPSA) is 149 Å². The van der Waals surface area contributed by atoms with Crippen LogP contribution in [-0.2, 0) is 32.7 Å². The molecule has 11 heteroatoms. The van der Waals surface area contributed by atoms with Gasteiger partial charge in [-0.25, -0.2) is 4.57 Å². The molecule has 0 fully saturated rings. The fraction of sp³-hybridized carbons (Fsp3) is 0.783. The lowest BCUT2D eigenvalue weighted by Gasteiger charge is -2.20. The molecule has 0 spiro atoms. The van der Waals surface area contributed by atoms with Crippen molar-refractivity contribution in [2.75, 3.05) is 26.4 Å². The van der Waals surface area contributed by atoms with Crippen molar-refractivity contribution in [3.05, 3.63) is 48.6 Å². The molecule has 0 heterocycles. The smallest absolute Gasteiger partial charge is 0.462 e. The third-order valence-corrected chi connectivity index (χ3v) is 10.4. The molecule has 0 amide bonds. The minimum absolute atomic E-state index is 0.109. The number of phosphoric ester groups is 1. The Morgan fingerprint density at radius 2 is 0.930 bits per heavy atom. The molecule has 0 saturated heterocycles. The summed E-state index contributed by atoms with van der Waals surface area (Å²) in [7, 11) is -4.63. The van der Waals surface area contributed by atoms with E-state index in [1.807, 2.05) is 12.2 Å². The second-order valence-electron chi connectivity index (χ2n) is 15.1. The molecule has 0 aliphatic carbocycles. The highest BCUT2D eigenvalue weighted by molar-refractivity contribution is 7.47. The molecular formula is C46H83O10P. The Hall–Kier alpha value is -2.07. The van der Waals surface area contributed by atoms with Crippen molar-refractivity contribution in [3.8, 4) is 0 Å². The Morgan fingerprint density at radius 3 is 1.42 bits per heavy atom. The van der Waals surface area contributed by atoms with E-state index in [1.54, 1.807) is 0 Å². The molecule has 57 heavy (non-hydrogen) atoms. The summed E-state index contributed by atoms with van der Waals surface area (Å²) in [6, 6.07) is 0. The molecule has 3 atom stereocenters. The number of rotatable bonds is 42. The molecule has 0 bridgehead atoms. The zero-order valence-electron chi connectivity index (χ0n) is 36.0. The molecule has 0 radical (unpaired) electrons. The second-order valence-corrected chi connectivity index (χ2v) is 16.5. The maximum absolute atomic E-state index is 12.6. The first-order chi connectivity index (χ1) is 27.7. The zero-order valence-corrected chi connectivity index (χ0v) is 36.9. The molecule has 0 aromatic heterocycles. The van der Waals surface area contributed by atoms with Crippen molar-refractivity contribution >= 4 is 19.8 Å². The summed E-state index contributed by atoms with van der Waals surface area (Å²) >= 11 is 0. The van der Waals surface area contributed by atoms with Crippen LogP contribution in [0.5, 0.6) is 0 Å². The number of ether oxygens (including phenoxy) is 2. The number of hydrogen-bond donors (Lipinski definition) is 3. The van der Waals surface area contributed by atoms with E-state index in [4.69, 9.17) is 19.1 Å². The van der Waals surface area contributed by atoms with Gasteiger partial charge in [0, 0.05) is 12.8 Å². The van der Waals surface area contributed by atoms with E-state index < -0.39 is 51.8 Å². The summed E-state index contributed by atoms with van der Waals surface area (Å²) in [5.74, 6) is -0.986. The van der Waals surface area contributed by atoms with Crippen LogP contribution in [0.4, 0.5) is 0 Å². The quantitative estimate of drug-likeness (QED) is 0.0235. The molecule has 3 N–H and O–H groups in total. The highest BCUT2D eigenvalue weighted by atomic mass is 31.2. The number of phosphoric acid groups is 1. The third-order valence-electron chi connectivity index (χ3n) is 9.49. The van der Waals surface area contributed by atoms with E-state index in [9.17, 15) is 24.2 Å². The van der Waals surface area contributed by atoms with Gasteiger partial charge < -0.3 is 24.6 Å². The van der Waals surface area contributed by atoms with Gasteiger partial charge >= 0.3 is 19.8 Å². The van der Waals surface area contributed by atoms with Gasteiger partial charge in [-0.05, 0) is 51.4 Å². The van der Waals surface area contributed by atoms with E-state index in [0.29, 0.717) is 19.3 Å². The number of hydrogen-bond acceptors (Lipinski definition) is 9. The third kappa shape index (κ3) is 41.9. The van der Waals surface area contributed by atoms with Crippen molar-refractivity contribution in [2.45, 2.75) is 206 Å². The van der Waals surface area contributed by atoms with Crippen LogP contribution >= 0.6 is 7.82 Å². The minimum atomic E-state index is -4.63. The predicted molar refractivity (Wildman–Crippen MR) is 233 cm³/mol. The molecule has 0 saturated carbocycles. The average Bonchev–Trinajstić information content (AvgIpc) is 3.20. The summed E-state index contributed by atoms with van der Waals surface area (Å²) in [6.07, 6.45) is 45.1. The number of esters is 2. The number of allylic oxidation sites excluding steroid dienone is 8. The van der Waals surface area contributed by atoms with Gasteiger partial charge in [-0.1, -0.05) is 178 Å². The summed E-state index contributed by atoms with van der Waals surface area (Å²) in [4.78, 5) is 35.0. The van der Waals surface area contributed by atoms with Gasteiger partial charge in [0.2, 0.25) is 0 Å². The van der Waals surface area contributed by atoms with E-state index in [0.717, 1.165) is 44.9 Å². The zero-order chi connectivity index (χ0) is 41.9. The number of carbonyl (C=O) groups excluding carboxylic acids is 2. The van der Waals surface area contributed by atoms with Crippen LogP contribution in [-0.4, -0.2) is 65.7 Å². The number of aliphatic hydroxyl groups excluding tert-OH is 2. The number of aliphatic hydroxyl groups is 2. The van der Waals surface area contributed by atoms with Gasteiger partial charge in [-0.3, -0.25) is 18.6 Å². The molecular weight excluding hydrogens is 743 g/mol. The summed E-state index contributed by atoms with van der Waals surface area (Å²) in [6.45, 7) is 2.30. The van der Waals surface area contributed by atoms with E-state index in [1.165, 1.54) is 103 Å². The molecule has 0 aliphatic heterocycles. The monoisotopic (exact) mass is 827 g/mol. The Balaban J connectivity index is 4.35. The Morgan fingerprint density at radius 1 is 0.526 bits per heavy atom. The molecule has 1 unspecified atom stereocenters. The first-order valence-electron chi connectivity index (χ1n) is 22.6. The van der Waals surface area contributed by atoms with Crippen LogP contribution in [0.25, 0.3) is 0 Å². The summed E-state index contributed by atoms with van der Waals surface area (Å²) in [5.41, 5.74) is 0. The van der Waals surface area contributed by atoms with Gasteiger partial charge in [0.25, 0.3) is 0 Å². The van der Waals surface area contributed by atoms with Gasteiger partial charge in [0.1, 0.15) is 12.7 Å². The van der Waals surface area contributed by atoms with E-state index >= 15 is 0 Å². The fourth-order valence-corrected chi connectivity index (χ4v) is 6.78.